The molecule has 7 heteroatoms. The van der Waals surface area contributed by atoms with Gasteiger partial charge in [0.05, 0.1) is 6.04 Å². The highest BCUT2D eigenvalue weighted by atomic mass is 16.6. The van der Waals surface area contributed by atoms with Crippen molar-refractivity contribution in [2.45, 2.75) is 51.4 Å². The first kappa shape index (κ1) is 27.2. The Morgan fingerprint density at radius 2 is 1.37 bits per heavy atom. The van der Waals surface area contributed by atoms with Crippen LogP contribution in [-0.2, 0) is 29.1 Å². The van der Waals surface area contributed by atoms with E-state index < -0.39 is 12.2 Å². The van der Waals surface area contributed by atoms with Crippen molar-refractivity contribution in [2.24, 2.45) is 0 Å². The molecule has 0 radical (unpaired) electrons. The Hall–Kier alpha value is -3.84. The Morgan fingerprint density at radius 1 is 0.789 bits per heavy atom. The minimum atomic E-state index is -0.675. The molecule has 0 aromatic heterocycles. The molecule has 1 atom stereocenters. The van der Waals surface area contributed by atoms with Crippen LogP contribution < -0.4 is 5.43 Å². The van der Waals surface area contributed by atoms with Crippen molar-refractivity contribution in [3.63, 3.8) is 0 Å². The first-order valence-electron chi connectivity index (χ1n) is 13.4. The number of carbonyl (C=O) groups is 2. The molecule has 3 aromatic carbocycles. The van der Waals surface area contributed by atoms with Crippen LogP contribution in [0.3, 0.4) is 0 Å². The zero-order valence-corrected chi connectivity index (χ0v) is 21.8. The smallest absolute Gasteiger partial charge is 0.429 e. The molecule has 0 saturated carbocycles. The standard InChI is InChI=1S/C31H37N3O4/c35-30(37-24-27-16-6-2-7-17-27)32-34(31(36)38-25-28-18-8-3-9-19-28)29-20-12-22-33(23-29)21-11-10-15-26-13-4-1-5-14-26/h1-9,13-14,16-19,29H,10-12,15,20-25H2,(H,32,35). The van der Waals surface area contributed by atoms with Crippen LogP contribution >= 0.6 is 0 Å². The molecule has 0 spiro atoms. The van der Waals surface area contributed by atoms with E-state index in [1.807, 2.05) is 66.7 Å². The second-order valence-electron chi connectivity index (χ2n) is 9.62. The third-order valence-electron chi connectivity index (χ3n) is 6.70. The van der Waals surface area contributed by atoms with Gasteiger partial charge in [0.15, 0.2) is 0 Å². The van der Waals surface area contributed by atoms with Gasteiger partial charge in [0.2, 0.25) is 0 Å². The lowest BCUT2D eigenvalue weighted by Crippen LogP contribution is -2.57. The number of likely N-dealkylation sites (tertiary alicyclic amines) is 1. The first-order chi connectivity index (χ1) is 18.7. The van der Waals surface area contributed by atoms with E-state index in [2.05, 4.69) is 34.6 Å². The van der Waals surface area contributed by atoms with Gasteiger partial charge in [-0.15, -0.1) is 0 Å². The second kappa shape index (κ2) is 14.8. The predicted molar refractivity (Wildman–Crippen MR) is 147 cm³/mol. The Bertz CT molecular complexity index is 1110. The summed E-state index contributed by atoms with van der Waals surface area (Å²) in [4.78, 5) is 28.2. The second-order valence-corrected chi connectivity index (χ2v) is 9.62. The third kappa shape index (κ3) is 8.92. The van der Waals surface area contributed by atoms with E-state index >= 15 is 0 Å². The van der Waals surface area contributed by atoms with Crippen molar-refractivity contribution in [3.8, 4) is 0 Å². The van der Waals surface area contributed by atoms with Crippen LogP contribution in [0.25, 0.3) is 0 Å². The molecule has 0 bridgehead atoms. The summed E-state index contributed by atoms with van der Waals surface area (Å²) >= 11 is 0. The summed E-state index contributed by atoms with van der Waals surface area (Å²) in [5.41, 5.74) is 5.79. The molecular weight excluding hydrogens is 478 g/mol. The fraction of sp³-hybridized carbons (Fsp3) is 0.355. The van der Waals surface area contributed by atoms with Crippen LogP contribution in [-0.4, -0.2) is 47.8 Å². The Morgan fingerprint density at radius 3 is 2.00 bits per heavy atom. The summed E-state index contributed by atoms with van der Waals surface area (Å²) < 4.78 is 11.0. The number of hydrazine groups is 1. The minimum Gasteiger partial charge on any atom is -0.443 e. The van der Waals surface area contributed by atoms with E-state index in [0.29, 0.717) is 6.54 Å². The van der Waals surface area contributed by atoms with Crippen LogP contribution in [0.4, 0.5) is 9.59 Å². The topological polar surface area (TPSA) is 71.1 Å². The average Bonchev–Trinajstić information content (AvgIpc) is 2.97. The van der Waals surface area contributed by atoms with E-state index in [-0.39, 0.29) is 19.3 Å². The summed E-state index contributed by atoms with van der Waals surface area (Å²) in [6.07, 6.45) is 3.70. The molecular formula is C31H37N3O4. The fourth-order valence-electron chi connectivity index (χ4n) is 4.68. The van der Waals surface area contributed by atoms with Crippen LogP contribution in [0.1, 0.15) is 42.4 Å². The van der Waals surface area contributed by atoms with Gasteiger partial charge >= 0.3 is 12.2 Å². The Balaban J connectivity index is 1.32. The van der Waals surface area contributed by atoms with Gasteiger partial charge in [-0.05, 0) is 61.9 Å². The summed E-state index contributed by atoms with van der Waals surface area (Å²) in [5.74, 6) is 0. The molecule has 0 aliphatic carbocycles. The van der Waals surface area contributed by atoms with Gasteiger partial charge < -0.3 is 14.4 Å². The lowest BCUT2D eigenvalue weighted by molar-refractivity contribution is 0.0254. The van der Waals surface area contributed by atoms with Gasteiger partial charge in [0, 0.05) is 6.54 Å². The molecule has 4 rings (SSSR count). The van der Waals surface area contributed by atoms with Gasteiger partial charge in [-0.1, -0.05) is 91.0 Å². The van der Waals surface area contributed by atoms with Crippen LogP contribution in [0, 0.1) is 0 Å². The maximum Gasteiger partial charge on any atom is 0.429 e. The van der Waals surface area contributed by atoms with Crippen molar-refractivity contribution >= 4 is 12.2 Å². The summed E-state index contributed by atoms with van der Waals surface area (Å²) in [5, 5.41) is 1.33. The maximum absolute atomic E-state index is 13.2. The van der Waals surface area contributed by atoms with E-state index in [1.54, 1.807) is 0 Å². The molecule has 200 valence electrons. The maximum atomic E-state index is 13.2. The lowest BCUT2D eigenvalue weighted by Gasteiger charge is -2.38. The minimum absolute atomic E-state index is 0.123. The monoisotopic (exact) mass is 515 g/mol. The summed E-state index contributed by atoms with van der Waals surface area (Å²) in [7, 11) is 0. The Labute approximate surface area is 225 Å². The number of ether oxygens (including phenoxy) is 2. The number of carbonyl (C=O) groups excluding carboxylic acids is 2. The first-order valence-corrected chi connectivity index (χ1v) is 13.4. The zero-order valence-electron chi connectivity index (χ0n) is 21.8. The molecule has 38 heavy (non-hydrogen) atoms. The number of aryl methyl sites for hydroxylation is 1. The van der Waals surface area contributed by atoms with Crippen molar-refractivity contribution < 1.29 is 19.1 Å². The molecule has 1 fully saturated rings. The molecule has 1 aliphatic rings. The highest BCUT2D eigenvalue weighted by molar-refractivity contribution is 5.74. The number of benzene rings is 3. The summed E-state index contributed by atoms with van der Waals surface area (Å²) in [6, 6.07) is 29.3. The number of rotatable bonds is 10. The number of unbranched alkanes of at least 4 members (excludes halogenated alkanes) is 1. The van der Waals surface area contributed by atoms with Gasteiger partial charge in [-0.2, -0.15) is 0 Å². The fourth-order valence-corrected chi connectivity index (χ4v) is 4.68. The molecule has 2 amide bonds. The number of amides is 2. The summed E-state index contributed by atoms with van der Waals surface area (Å²) in [6.45, 7) is 2.86. The number of hydrogen-bond donors (Lipinski definition) is 1. The molecule has 1 aliphatic heterocycles. The highest BCUT2D eigenvalue weighted by Crippen LogP contribution is 2.18. The van der Waals surface area contributed by atoms with Gasteiger partial charge in [0.25, 0.3) is 0 Å². The highest BCUT2D eigenvalue weighted by Gasteiger charge is 2.31. The van der Waals surface area contributed by atoms with Gasteiger partial charge in [-0.3, -0.25) is 0 Å². The molecule has 1 unspecified atom stereocenters. The predicted octanol–water partition coefficient (Wildman–Crippen LogP) is 5.95. The number of piperidine rings is 1. The SMILES string of the molecule is O=C(NN(C(=O)OCc1ccccc1)C1CCCN(CCCCc2ccccc2)C1)OCc1ccccc1. The van der Waals surface area contributed by atoms with E-state index in [0.717, 1.165) is 56.3 Å². The molecule has 1 saturated heterocycles. The number of nitrogens with zero attached hydrogens (tertiary/aromatic N) is 2. The quantitative estimate of drug-likeness (QED) is 0.267. The van der Waals surface area contributed by atoms with Crippen molar-refractivity contribution in [1.82, 2.24) is 15.3 Å². The zero-order chi connectivity index (χ0) is 26.4. The van der Waals surface area contributed by atoms with Gasteiger partial charge in [-0.25, -0.2) is 20.0 Å². The van der Waals surface area contributed by atoms with Crippen molar-refractivity contribution in [1.29, 1.82) is 0 Å². The molecule has 7 nitrogen and oxygen atoms in total. The largest absolute Gasteiger partial charge is 0.443 e. The normalized spacial score (nSPS) is 15.4. The van der Waals surface area contributed by atoms with E-state index in [9.17, 15) is 9.59 Å². The van der Waals surface area contributed by atoms with Crippen molar-refractivity contribution in [3.05, 3.63) is 108 Å². The van der Waals surface area contributed by atoms with E-state index in [1.165, 1.54) is 10.6 Å². The number of hydrogen-bond acceptors (Lipinski definition) is 5. The molecule has 1 heterocycles. The molecule has 1 N–H and O–H groups in total. The lowest BCUT2D eigenvalue weighted by atomic mass is 10.0. The van der Waals surface area contributed by atoms with Crippen LogP contribution in [0.15, 0.2) is 91.0 Å². The third-order valence-corrected chi connectivity index (χ3v) is 6.70. The number of nitrogens with one attached hydrogen (secondary N) is 1. The average molecular weight is 516 g/mol. The van der Waals surface area contributed by atoms with Crippen LogP contribution in [0.5, 0.6) is 0 Å². The molecule has 3 aromatic rings. The van der Waals surface area contributed by atoms with Gasteiger partial charge in [0.1, 0.15) is 13.2 Å². The van der Waals surface area contributed by atoms with Crippen molar-refractivity contribution in [2.75, 3.05) is 19.6 Å². The Kier molecular flexibility index (Phi) is 10.6. The van der Waals surface area contributed by atoms with E-state index in [4.69, 9.17) is 9.47 Å². The van der Waals surface area contributed by atoms with Crippen LogP contribution in [0.2, 0.25) is 0 Å².